The highest BCUT2D eigenvalue weighted by Gasteiger charge is 2.13. The number of methoxy groups -OCH3 is 1. The molecule has 1 unspecified atom stereocenters. The summed E-state index contributed by atoms with van der Waals surface area (Å²) in [6, 6.07) is 2.48. The van der Waals surface area contributed by atoms with E-state index in [9.17, 15) is 8.78 Å². The summed E-state index contributed by atoms with van der Waals surface area (Å²) in [7, 11) is 1.58. The average Bonchev–Trinajstić information content (AvgIpc) is 2.42. The number of nitrogens with one attached hydrogen (secondary N) is 1. The van der Waals surface area contributed by atoms with Crippen molar-refractivity contribution < 1.29 is 23.4 Å². The summed E-state index contributed by atoms with van der Waals surface area (Å²) in [4.78, 5) is 0. The van der Waals surface area contributed by atoms with Crippen molar-refractivity contribution in [1.82, 2.24) is 5.32 Å². The molecule has 0 aromatic heterocycles. The molecule has 0 fully saturated rings. The lowest BCUT2D eigenvalue weighted by Gasteiger charge is -2.13. The van der Waals surface area contributed by atoms with Gasteiger partial charge in [0.05, 0.1) is 13.2 Å². The van der Waals surface area contributed by atoms with Gasteiger partial charge in [-0.25, -0.2) is 8.78 Å². The molecule has 1 atom stereocenters. The van der Waals surface area contributed by atoms with E-state index >= 15 is 0 Å². The summed E-state index contributed by atoms with van der Waals surface area (Å²) in [5.74, 6) is -2.05. The van der Waals surface area contributed by atoms with Crippen LogP contribution in [0, 0.1) is 17.6 Å². The van der Waals surface area contributed by atoms with Crippen LogP contribution in [-0.4, -0.2) is 38.6 Å². The average molecular weight is 289 g/mol. The highest BCUT2D eigenvalue weighted by atomic mass is 19.1. The predicted octanol–water partition coefficient (Wildman–Crippen LogP) is 1.71. The zero-order valence-corrected chi connectivity index (χ0v) is 11.8. The molecule has 0 heterocycles. The van der Waals surface area contributed by atoms with Crippen LogP contribution in [0.5, 0.6) is 5.75 Å². The lowest BCUT2D eigenvalue weighted by Crippen LogP contribution is -2.19. The molecule has 2 N–H and O–H groups in total. The van der Waals surface area contributed by atoms with Crippen LogP contribution in [0.25, 0.3) is 0 Å². The third-order valence-electron chi connectivity index (χ3n) is 2.69. The van der Waals surface area contributed by atoms with Gasteiger partial charge in [-0.3, -0.25) is 0 Å². The molecule has 6 heteroatoms. The zero-order chi connectivity index (χ0) is 15.0. The minimum Gasteiger partial charge on any atom is -0.487 e. The van der Waals surface area contributed by atoms with Crippen molar-refractivity contribution in [2.75, 3.05) is 33.5 Å². The van der Waals surface area contributed by atoms with Crippen LogP contribution in [0.2, 0.25) is 0 Å². The molecule has 4 nitrogen and oxygen atoms in total. The van der Waals surface area contributed by atoms with Gasteiger partial charge >= 0.3 is 0 Å². The van der Waals surface area contributed by atoms with Crippen LogP contribution in [-0.2, 0) is 11.3 Å². The molecule has 0 spiro atoms. The van der Waals surface area contributed by atoms with Gasteiger partial charge in [0.25, 0.3) is 0 Å². The molecule has 0 aliphatic heterocycles. The zero-order valence-electron chi connectivity index (χ0n) is 11.8. The highest BCUT2D eigenvalue weighted by Crippen LogP contribution is 2.23. The number of benzene rings is 1. The standard InChI is InChI=1S/C14H21F2NO3/c1-10(8-18)9-20-14-12(15)5-11(6-13(14)16)7-17-3-4-19-2/h5-6,10,17-18H,3-4,7-9H2,1-2H3. The van der Waals surface area contributed by atoms with Gasteiger partial charge in [-0.2, -0.15) is 0 Å². The Bertz CT molecular complexity index is 392. The molecule has 0 aliphatic rings. The Morgan fingerprint density at radius 3 is 2.50 bits per heavy atom. The maximum atomic E-state index is 13.8. The van der Waals surface area contributed by atoms with Gasteiger partial charge in [0.15, 0.2) is 17.4 Å². The summed E-state index contributed by atoms with van der Waals surface area (Å²) in [5, 5.41) is 11.9. The number of rotatable bonds is 9. The van der Waals surface area contributed by atoms with Crippen molar-refractivity contribution in [1.29, 1.82) is 0 Å². The van der Waals surface area contributed by atoms with Crippen LogP contribution in [0.1, 0.15) is 12.5 Å². The van der Waals surface area contributed by atoms with Crippen LogP contribution in [0.4, 0.5) is 8.78 Å². The second kappa shape index (κ2) is 8.84. The Labute approximate surface area is 117 Å². The van der Waals surface area contributed by atoms with Crippen molar-refractivity contribution >= 4 is 0 Å². The third-order valence-corrected chi connectivity index (χ3v) is 2.69. The largest absolute Gasteiger partial charge is 0.487 e. The van der Waals surface area contributed by atoms with E-state index < -0.39 is 17.4 Å². The van der Waals surface area contributed by atoms with Crippen LogP contribution in [0.15, 0.2) is 12.1 Å². The number of ether oxygens (including phenoxy) is 2. The highest BCUT2D eigenvalue weighted by molar-refractivity contribution is 5.31. The topological polar surface area (TPSA) is 50.7 Å². The van der Waals surface area contributed by atoms with Gasteiger partial charge in [0.2, 0.25) is 0 Å². The van der Waals surface area contributed by atoms with E-state index in [0.717, 1.165) is 0 Å². The fourth-order valence-electron chi connectivity index (χ4n) is 1.54. The molecule has 0 radical (unpaired) electrons. The van der Waals surface area contributed by atoms with Gasteiger partial charge in [-0.1, -0.05) is 6.92 Å². The number of hydrogen-bond donors (Lipinski definition) is 2. The Balaban J connectivity index is 2.61. The molecule has 20 heavy (non-hydrogen) atoms. The second-order valence-corrected chi connectivity index (χ2v) is 4.66. The lowest BCUT2D eigenvalue weighted by atomic mass is 10.2. The SMILES string of the molecule is COCCNCc1cc(F)c(OCC(C)CO)c(F)c1. The van der Waals surface area contributed by atoms with Crippen molar-refractivity contribution in [3.05, 3.63) is 29.3 Å². The molecule has 1 rings (SSSR count). The van der Waals surface area contributed by atoms with Crippen LogP contribution < -0.4 is 10.1 Å². The number of aliphatic hydroxyl groups excluding tert-OH is 1. The lowest BCUT2D eigenvalue weighted by molar-refractivity contribution is 0.166. The molecule has 1 aromatic rings. The first kappa shape index (κ1) is 16.8. The minimum absolute atomic E-state index is 0.0653. The molecule has 0 aliphatic carbocycles. The van der Waals surface area contributed by atoms with Crippen LogP contribution >= 0.6 is 0 Å². The predicted molar refractivity (Wildman–Crippen MR) is 71.7 cm³/mol. The van der Waals surface area contributed by atoms with Crippen LogP contribution in [0.3, 0.4) is 0 Å². The Morgan fingerprint density at radius 1 is 1.30 bits per heavy atom. The number of hydrogen-bond acceptors (Lipinski definition) is 4. The normalized spacial score (nSPS) is 12.4. The number of aliphatic hydroxyl groups is 1. The fraction of sp³-hybridized carbons (Fsp3) is 0.571. The third kappa shape index (κ3) is 5.40. The Morgan fingerprint density at radius 2 is 1.95 bits per heavy atom. The molecule has 0 saturated heterocycles. The maximum absolute atomic E-state index is 13.8. The van der Waals surface area contributed by atoms with Gasteiger partial charge in [-0.05, 0) is 17.7 Å². The first-order valence-corrected chi connectivity index (χ1v) is 6.49. The quantitative estimate of drug-likeness (QED) is 0.680. The first-order chi connectivity index (χ1) is 9.58. The van der Waals surface area contributed by atoms with E-state index in [4.69, 9.17) is 14.6 Å². The van der Waals surface area contributed by atoms with Crippen molar-refractivity contribution in [3.8, 4) is 5.75 Å². The van der Waals surface area contributed by atoms with Crippen molar-refractivity contribution in [2.45, 2.75) is 13.5 Å². The first-order valence-electron chi connectivity index (χ1n) is 6.49. The maximum Gasteiger partial charge on any atom is 0.190 e. The van der Waals surface area contributed by atoms with Gasteiger partial charge in [0.1, 0.15) is 0 Å². The van der Waals surface area contributed by atoms with E-state index in [1.54, 1.807) is 14.0 Å². The summed E-state index contributed by atoms with van der Waals surface area (Å²) in [6.45, 7) is 3.19. The second-order valence-electron chi connectivity index (χ2n) is 4.66. The summed E-state index contributed by atoms with van der Waals surface area (Å²) >= 11 is 0. The van der Waals surface area contributed by atoms with E-state index in [0.29, 0.717) is 25.3 Å². The van der Waals surface area contributed by atoms with Crippen molar-refractivity contribution in [3.63, 3.8) is 0 Å². The molecular formula is C14H21F2NO3. The van der Waals surface area contributed by atoms with E-state index in [1.165, 1.54) is 12.1 Å². The minimum atomic E-state index is -0.737. The van der Waals surface area contributed by atoms with Crippen molar-refractivity contribution in [2.24, 2.45) is 5.92 Å². The summed E-state index contributed by atoms with van der Waals surface area (Å²) in [5.41, 5.74) is 0.499. The number of halogens is 2. The van der Waals surface area contributed by atoms with Gasteiger partial charge in [0, 0.05) is 32.7 Å². The van der Waals surface area contributed by atoms with Gasteiger partial charge < -0.3 is 19.9 Å². The Hall–Kier alpha value is -1.24. The molecule has 1 aromatic carbocycles. The molecule has 0 bridgehead atoms. The van der Waals surface area contributed by atoms with E-state index in [-0.39, 0.29) is 19.1 Å². The van der Waals surface area contributed by atoms with E-state index in [2.05, 4.69) is 5.32 Å². The summed E-state index contributed by atoms with van der Waals surface area (Å²) in [6.07, 6.45) is 0. The molecule has 0 amide bonds. The molecular weight excluding hydrogens is 268 g/mol. The smallest absolute Gasteiger partial charge is 0.190 e. The fourth-order valence-corrected chi connectivity index (χ4v) is 1.54. The van der Waals surface area contributed by atoms with E-state index in [1.807, 2.05) is 0 Å². The van der Waals surface area contributed by atoms with Gasteiger partial charge in [-0.15, -0.1) is 0 Å². The Kier molecular flexibility index (Phi) is 7.43. The molecule has 0 saturated carbocycles. The summed E-state index contributed by atoms with van der Waals surface area (Å²) < 4.78 is 37.4. The molecule has 114 valence electrons. The monoisotopic (exact) mass is 289 g/mol.